The summed E-state index contributed by atoms with van der Waals surface area (Å²) in [5.74, 6) is -0.707. The van der Waals surface area contributed by atoms with Crippen LogP contribution in [0.2, 0.25) is 0 Å². The highest BCUT2D eigenvalue weighted by Gasteiger charge is 2.66. The number of carbonyl (C=O) groups is 2. The first kappa shape index (κ1) is 14.4. The highest BCUT2D eigenvalue weighted by Crippen LogP contribution is 2.58. The number of carboxylic acids is 1. The van der Waals surface area contributed by atoms with Gasteiger partial charge < -0.3 is 10.4 Å². The lowest BCUT2D eigenvalue weighted by atomic mass is 9.78. The molecule has 0 radical (unpaired) electrons. The summed E-state index contributed by atoms with van der Waals surface area (Å²) in [6, 6.07) is 0.210. The zero-order valence-corrected chi connectivity index (χ0v) is 12.3. The molecule has 1 amide bonds. The smallest absolute Gasteiger partial charge is 0.307 e. The van der Waals surface area contributed by atoms with Gasteiger partial charge in [-0.3, -0.25) is 9.59 Å². The van der Waals surface area contributed by atoms with Crippen molar-refractivity contribution in [1.82, 2.24) is 5.32 Å². The normalized spacial score (nSPS) is 40.5. The van der Waals surface area contributed by atoms with E-state index < -0.39 is 17.3 Å². The SMILES string of the molecule is CC1CCCC(NC(=O)C2C(C(=O)O)C2(C)C)C1C. The molecule has 4 nitrogen and oxygen atoms in total. The molecule has 2 aliphatic carbocycles. The molecule has 0 bridgehead atoms. The molecule has 5 atom stereocenters. The first-order valence-corrected chi connectivity index (χ1v) is 7.30. The van der Waals surface area contributed by atoms with Crippen LogP contribution in [-0.4, -0.2) is 23.0 Å². The van der Waals surface area contributed by atoms with E-state index in [4.69, 9.17) is 5.11 Å². The van der Waals surface area contributed by atoms with E-state index in [1.165, 1.54) is 6.42 Å². The minimum atomic E-state index is -0.852. The molecule has 0 aromatic carbocycles. The molecule has 0 aromatic rings. The van der Waals surface area contributed by atoms with Gasteiger partial charge in [0.15, 0.2) is 0 Å². The number of rotatable bonds is 3. The van der Waals surface area contributed by atoms with Crippen LogP contribution in [0.4, 0.5) is 0 Å². The van der Waals surface area contributed by atoms with Crippen molar-refractivity contribution < 1.29 is 14.7 Å². The van der Waals surface area contributed by atoms with Crippen molar-refractivity contribution in [2.24, 2.45) is 29.1 Å². The van der Waals surface area contributed by atoms with Gasteiger partial charge in [0.2, 0.25) is 5.91 Å². The molecule has 108 valence electrons. The topological polar surface area (TPSA) is 66.4 Å². The Morgan fingerprint density at radius 1 is 1.16 bits per heavy atom. The highest BCUT2D eigenvalue weighted by molar-refractivity contribution is 5.91. The van der Waals surface area contributed by atoms with Crippen molar-refractivity contribution in [2.75, 3.05) is 0 Å². The Kier molecular flexibility index (Phi) is 3.63. The second-order valence-corrected chi connectivity index (χ2v) is 7.00. The van der Waals surface area contributed by atoms with Crippen LogP contribution in [0.3, 0.4) is 0 Å². The van der Waals surface area contributed by atoms with Crippen LogP contribution in [0.5, 0.6) is 0 Å². The summed E-state index contributed by atoms with van der Waals surface area (Å²) in [7, 11) is 0. The fraction of sp³-hybridized carbons (Fsp3) is 0.867. The van der Waals surface area contributed by atoms with Gasteiger partial charge in [-0.25, -0.2) is 0 Å². The highest BCUT2D eigenvalue weighted by atomic mass is 16.4. The van der Waals surface area contributed by atoms with Gasteiger partial charge in [-0.2, -0.15) is 0 Å². The molecule has 0 aliphatic heterocycles. The van der Waals surface area contributed by atoms with Gasteiger partial charge in [-0.05, 0) is 23.7 Å². The van der Waals surface area contributed by atoms with E-state index in [0.29, 0.717) is 11.8 Å². The fourth-order valence-corrected chi connectivity index (χ4v) is 3.65. The van der Waals surface area contributed by atoms with Gasteiger partial charge in [0.05, 0.1) is 11.8 Å². The van der Waals surface area contributed by atoms with Crippen molar-refractivity contribution in [3.05, 3.63) is 0 Å². The molecule has 0 aromatic heterocycles. The quantitative estimate of drug-likeness (QED) is 0.824. The average Bonchev–Trinajstić information content (AvgIpc) is 2.88. The zero-order valence-electron chi connectivity index (χ0n) is 12.3. The molecular formula is C15H25NO3. The van der Waals surface area contributed by atoms with Crippen LogP contribution in [0.15, 0.2) is 0 Å². The molecule has 2 saturated carbocycles. The maximum Gasteiger partial charge on any atom is 0.307 e. The average molecular weight is 267 g/mol. The van der Waals surface area contributed by atoms with Crippen molar-refractivity contribution in [3.63, 3.8) is 0 Å². The van der Waals surface area contributed by atoms with E-state index in [0.717, 1.165) is 12.8 Å². The van der Waals surface area contributed by atoms with E-state index in [1.54, 1.807) is 0 Å². The lowest BCUT2D eigenvalue weighted by Gasteiger charge is -2.34. The number of carbonyl (C=O) groups excluding carboxylic acids is 1. The van der Waals surface area contributed by atoms with Crippen LogP contribution in [0, 0.1) is 29.1 Å². The molecule has 0 spiro atoms. The van der Waals surface area contributed by atoms with Crippen molar-refractivity contribution in [3.8, 4) is 0 Å². The van der Waals surface area contributed by atoms with Crippen LogP contribution in [-0.2, 0) is 9.59 Å². The Morgan fingerprint density at radius 3 is 2.32 bits per heavy atom. The van der Waals surface area contributed by atoms with Crippen LogP contribution in [0.25, 0.3) is 0 Å². The maximum atomic E-state index is 12.3. The molecule has 5 unspecified atom stereocenters. The summed E-state index contributed by atoms with van der Waals surface area (Å²) in [6.07, 6.45) is 3.38. The number of carboxylic acid groups (broad SMARTS) is 1. The van der Waals surface area contributed by atoms with Crippen molar-refractivity contribution in [1.29, 1.82) is 0 Å². The third kappa shape index (κ3) is 2.49. The van der Waals surface area contributed by atoms with Gasteiger partial charge in [-0.1, -0.05) is 40.5 Å². The van der Waals surface area contributed by atoms with Crippen LogP contribution in [0.1, 0.15) is 47.0 Å². The Hall–Kier alpha value is -1.06. The summed E-state index contributed by atoms with van der Waals surface area (Å²) in [5.41, 5.74) is -0.403. The summed E-state index contributed by atoms with van der Waals surface area (Å²) in [4.78, 5) is 23.4. The number of hydrogen-bond acceptors (Lipinski definition) is 2. The Bertz CT molecular complexity index is 391. The third-order valence-electron chi connectivity index (χ3n) is 5.41. The number of nitrogens with one attached hydrogen (secondary N) is 1. The number of amides is 1. The fourth-order valence-electron chi connectivity index (χ4n) is 3.65. The van der Waals surface area contributed by atoms with Gasteiger partial charge >= 0.3 is 5.97 Å². The van der Waals surface area contributed by atoms with Crippen LogP contribution >= 0.6 is 0 Å². The maximum absolute atomic E-state index is 12.3. The lowest BCUT2D eigenvalue weighted by Crippen LogP contribution is -2.44. The summed E-state index contributed by atoms with van der Waals surface area (Å²) in [5, 5.41) is 12.2. The Labute approximate surface area is 115 Å². The predicted molar refractivity (Wildman–Crippen MR) is 72.5 cm³/mol. The number of aliphatic carboxylic acids is 1. The first-order chi connectivity index (χ1) is 8.76. The molecular weight excluding hydrogens is 242 g/mol. The summed E-state index contributed by atoms with van der Waals surface area (Å²) in [6.45, 7) is 8.14. The molecule has 0 saturated heterocycles. The predicted octanol–water partition coefficient (Wildman–Crippen LogP) is 2.28. The van der Waals surface area contributed by atoms with E-state index >= 15 is 0 Å². The largest absolute Gasteiger partial charge is 0.481 e. The van der Waals surface area contributed by atoms with Crippen LogP contribution < -0.4 is 5.32 Å². The van der Waals surface area contributed by atoms with Crippen molar-refractivity contribution >= 4 is 11.9 Å². The van der Waals surface area contributed by atoms with Gasteiger partial charge in [0.1, 0.15) is 0 Å². The Balaban J connectivity index is 1.97. The Morgan fingerprint density at radius 2 is 1.79 bits per heavy atom. The molecule has 2 aliphatic rings. The minimum Gasteiger partial charge on any atom is -0.481 e. The molecule has 0 heterocycles. The van der Waals surface area contributed by atoms with E-state index in [9.17, 15) is 9.59 Å². The molecule has 2 rings (SSSR count). The lowest BCUT2D eigenvalue weighted by molar-refractivity contribution is -0.140. The third-order valence-corrected chi connectivity index (χ3v) is 5.41. The van der Waals surface area contributed by atoms with E-state index in [1.807, 2.05) is 13.8 Å². The van der Waals surface area contributed by atoms with Crippen molar-refractivity contribution in [2.45, 2.75) is 53.0 Å². The standard InChI is InChI=1S/C15H25NO3/c1-8-6-5-7-10(9(8)2)16-13(17)11-12(14(18)19)15(11,3)4/h8-12H,5-7H2,1-4H3,(H,16,17)(H,18,19). The van der Waals surface area contributed by atoms with Gasteiger partial charge in [-0.15, -0.1) is 0 Å². The summed E-state index contributed by atoms with van der Waals surface area (Å²) < 4.78 is 0. The molecule has 4 heteroatoms. The molecule has 2 fully saturated rings. The van der Waals surface area contributed by atoms with Gasteiger partial charge in [0, 0.05) is 6.04 Å². The minimum absolute atomic E-state index is 0.0663. The van der Waals surface area contributed by atoms with E-state index in [2.05, 4.69) is 19.2 Å². The first-order valence-electron chi connectivity index (χ1n) is 7.30. The zero-order chi connectivity index (χ0) is 14.4. The van der Waals surface area contributed by atoms with Gasteiger partial charge in [0.25, 0.3) is 0 Å². The molecule has 19 heavy (non-hydrogen) atoms. The molecule has 2 N–H and O–H groups in total. The second kappa shape index (κ2) is 4.80. The van der Waals surface area contributed by atoms with E-state index in [-0.39, 0.29) is 17.9 Å². The monoisotopic (exact) mass is 267 g/mol. The second-order valence-electron chi connectivity index (χ2n) is 7.00. The summed E-state index contributed by atoms with van der Waals surface area (Å²) >= 11 is 0. The number of hydrogen-bond donors (Lipinski definition) is 2.